The van der Waals surface area contributed by atoms with Crippen LogP contribution < -0.4 is 10.1 Å². The Morgan fingerprint density at radius 3 is 2.83 bits per heavy atom. The number of hydrogen-bond donors (Lipinski definition) is 3. The van der Waals surface area contributed by atoms with Crippen LogP contribution in [0.15, 0.2) is 48.5 Å². The zero-order valence-electron chi connectivity index (χ0n) is 13.5. The van der Waals surface area contributed by atoms with Crippen molar-refractivity contribution in [2.24, 2.45) is 0 Å². The van der Waals surface area contributed by atoms with Gasteiger partial charge in [-0.25, -0.2) is 0 Å². The van der Waals surface area contributed by atoms with Crippen LogP contribution >= 0.6 is 0 Å². The first kappa shape index (κ1) is 16.1. The summed E-state index contributed by atoms with van der Waals surface area (Å²) in [5.74, 6) is 0.575. The van der Waals surface area contributed by atoms with Crippen LogP contribution in [0.3, 0.4) is 0 Å². The third kappa shape index (κ3) is 3.26. The highest BCUT2D eigenvalue weighted by molar-refractivity contribution is 6.01. The van der Waals surface area contributed by atoms with E-state index in [9.17, 15) is 9.90 Å². The molecule has 0 radical (unpaired) electrons. The Hall–Kier alpha value is -2.79. The number of carbonyl (C=O) groups excluding carboxylic acids is 1. The lowest BCUT2D eigenvalue weighted by atomic mass is 10.1. The van der Waals surface area contributed by atoms with Crippen LogP contribution in [0, 0.1) is 0 Å². The van der Waals surface area contributed by atoms with E-state index in [0.29, 0.717) is 18.7 Å². The number of carbonyl (C=O) groups is 1. The van der Waals surface area contributed by atoms with Gasteiger partial charge in [0.2, 0.25) is 0 Å². The summed E-state index contributed by atoms with van der Waals surface area (Å²) in [7, 11) is 1.61. The Morgan fingerprint density at radius 2 is 2.04 bits per heavy atom. The van der Waals surface area contributed by atoms with E-state index in [0.717, 1.165) is 27.8 Å². The lowest BCUT2D eigenvalue weighted by Crippen LogP contribution is -2.24. The molecule has 1 amide bonds. The van der Waals surface area contributed by atoms with Gasteiger partial charge in [-0.2, -0.15) is 0 Å². The van der Waals surface area contributed by atoms with Crippen molar-refractivity contribution in [3.05, 3.63) is 65.4 Å². The number of aromatic nitrogens is 1. The van der Waals surface area contributed by atoms with Crippen molar-refractivity contribution in [2.45, 2.75) is 13.0 Å². The SMILES string of the molecule is COc1cccc(CNC(=O)c2[nH]c3ccccc3c2CCO)c1. The second kappa shape index (κ2) is 7.19. The molecule has 3 aromatic rings. The van der Waals surface area contributed by atoms with Gasteiger partial charge in [-0.05, 0) is 35.7 Å². The number of hydrogen-bond acceptors (Lipinski definition) is 3. The van der Waals surface area contributed by atoms with E-state index in [-0.39, 0.29) is 12.5 Å². The standard InChI is InChI=1S/C19H20N2O3/c1-24-14-6-4-5-13(11-14)12-20-19(23)18-16(9-10-22)15-7-2-3-8-17(15)21-18/h2-8,11,21-22H,9-10,12H2,1H3,(H,20,23). The zero-order chi connectivity index (χ0) is 16.9. The smallest absolute Gasteiger partial charge is 0.268 e. The molecule has 24 heavy (non-hydrogen) atoms. The van der Waals surface area contributed by atoms with E-state index in [1.165, 1.54) is 0 Å². The molecule has 5 nitrogen and oxygen atoms in total. The van der Waals surface area contributed by atoms with Gasteiger partial charge in [-0.15, -0.1) is 0 Å². The fraction of sp³-hybridized carbons (Fsp3) is 0.211. The van der Waals surface area contributed by atoms with Crippen molar-refractivity contribution >= 4 is 16.8 Å². The van der Waals surface area contributed by atoms with Crippen LogP contribution in [-0.4, -0.2) is 29.7 Å². The first-order chi connectivity index (χ1) is 11.7. The first-order valence-electron chi connectivity index (χ1n) is 7.84. The second-order valence-electron chi connectivity index (χ2n) is 5.53. The van der Waals surface area contributed by atoms with Crippen LogP contribution in [0.4, 0.5) is 0 Å². The maximum absolute atomic E-state index is 12.6. The Balaban J connectivity index is 1.81. The van der Waals surface area contributed by atoms with Gasteiger partial charge in [0.15, 0.2) is 0 Å². The number of nitrogens with one attached hydrogen (secondary N) is 2. The van der Waals surface area contributed by atoms with Gasteiger partial charge < -0.3 is 20.1 Å². The molecule has 3 N–H and O–H groups in total. The lowest BCUT2D eigenvalue weighted by molar-refractivity contribution is 0.0945. The Labute approximate surface area is 140 Å². The normalized spacial score (nSPS) is 10.8. The number of methoxy groups -OCH3 is 1. The van der Waals surface area contributed by atoms with Crippen molar-refractivity contribution < 1.29 is 14.6 Å². The fourth-order valence-corrected chi connectivity index (χ4v) is 2.82. The Kier molecular flexibility index (Phi) is 4.82. The summed E-state index contributed by atoms with van der Waals surface area (Å²) in [6.07, 6.45) is 0.436. The lowest BCUT2D eigenvalue weighted by Gasteiger charge is -2.07. The van der Waals surface area contributed by atoms with E-state index >= 15 is 0 Å². The minimum Gasteiger partial charge on any atom is -0.497 e. The minimum absolute atomic E-state index is 0.00197. The molecule has 0 aliphatic carbocycles. The molecule has 1 heterocycles. The summed E-state index contributed by atoms with van der Waals surface area (Å²) >= 11 is 0. The van der Waals surface area contributed by atoms with Gasteiger partial charge in [-0.1, -0.05) is 30.3 Å². The van der Waals surface area contributed by atoms with E-state index in [1.807, 2.05) is 48.5 Å². The molecule has 0 bridgehead atoms. The second-order valence-corrected chi connectivity index (χ2v) is 5.53. The van der Waals surface area contributed by atoms with Crippen LogP contribution in [0.1, 0.15) is 21.6 Å². The molecule has 0 atom stereocenters. The summed E-state index contributed by atoms with van der Waals surface area (Å²) in [6.45, 7) is 0.405. The molecule has 0 spiro atoms. The Morgan fingerprint density at radius 1 is 1.21 bits per heavy atom. The summed E-state index contributed by atoms with van der Waals surface area (Å²) in [4.78, 5) is 15.7. The summed E-state index contributed by atoms with van der Waals surface area (Å²) in [5.41, 5.74) is 3.21. The predicted octanol–water partition coefficient (Wildman–Crippen LogP) is 2.64. The van der Waals surface area contributed by atoms with Gasteiger partial charge >= 0.3 is 0 Å². The molecular weight excluding hydrogens is 304 g/mol. The van der Waals surface area contributed by atoms with Gasteiger partial charge in [-0.3, -0.25) is 4.79 Å². The molecule has 0 aliphatic rings. The molecule has 124 valence electrons. The molecule has 2 aromatic carbocycles. The van der Waals surface area contributed by atoms with E-state index < -0.39 is 0 Å². The number of amides is 1. The number of para-hydroxylation sites is 1. The highest BCUT2D eigenvalue weighted by Crippen LogP contribution is 2.23. The molecule has 5 heteroatoms. The molecular formula is C19H20N2O3. The third-order valence-corrected chi connectivity index (χ3v) is 3.99. The topological polar surface area (TPSA) is 74.3 Å². The number of benzene rings is 2. The largest absolute Gasteiger partial charge is 0.497 e. The van der Waals surface area contributed by atoms with Crippen molar-refractivity contribution in [1.29, 1.82) is 0 Å². The number of aromatic amines is 1. The highest BCUT2D eigenvalue weighted by Gasteiger charge is 2.17. The van der Waals surface area contributed by atoms with Crippen molar-refractivity contribution in [3.63, 3.8) is 0 Å². The summed E-state index contributed by atoms with van der Waals surface area (Å²) in [6, 6.07) is 15.3. The predicted molar refractivity (Wildman–Crippen MR) is 93.3 cm³/mol. The number of ether oxygens (including phenoxy) is 1. The van der Waals surface area contributed by atoms with Gasteiger partial charge in [0.05, 0.1) is 7.11 Å². The number of rotatable bonds is 6. The number of aliphatic hydroxyl groups is 1. The van der Waals surface area contributed by atoms with Crippen molar-refractivity contribution in [1.82, 2.24) is 10.3 Å². The van der Waals surface area contributed by atoms with Gasteiger partial charge in [0, 0.05) is 24.1 Å². The average molecular weight is 324 g/mol. The number of fused-ring (bicyclic) bond motifs is 1. The zero-order valence-corrected chi connectivity index (χ0v) is 13.5. The maximum Gasteiger partial charge on any atom is 0.268 e. The average Bonchev–Trinajstić information content (AvgIpc) is 2.99. The minimum atomic E-state index is -0.183. The van der Waals surface area contributed by atoms with E-state index in [4.69, 9.17) is 4.74 Å². The van der Waals surface area contributed by atoms with Gasteiger partial charge in [0.1, 0.15) is 11.4 Å². The van der Waals surface area contributed by atoms with E-state index in [2.05, 4.69) is 10.3 Å². The third-order valence-electron chi connectivity index (χ3n) is 3.99. The Bertz CT molecular complexity index is 855. The molecule has 0 saturated carbocycles. The van der Waals surface area contributed by atoms with Crippen LogP contribution in [0.25, 0.3) is 10.9 Å². The summed E-state index contributed by atoms with van der Waals surface area (Å²) in [5, 5.41) is 13.2. The maximum atomic E-state index is 12.6. The van der Waals surface area contributed by atoms with Gasteiger partial charge in [0.25, 0.3) is 5.91 Å². The number of aliphatic hydroxyl groups excluding tert-OH is 1. The molecule has 1 aromatic heterocycles. The fourth-order valence-electron chi connectivity index (χ4n) is 2.82. The summed E-state index contributed by atoms with van der Waals surface area (Å²) < 4.78 is 5.19. The highest BCUT2D eigenvalue weighted by atomic mass is 16.5. The molecule has 0 aliphatic heterocycles. The van der Waals surface area contributed by atoms with Crippen LogP contribution in [-0.2, 0) is 13.0 Å². The van der Waals surface area contributed by atoms with Crippen LogP contribution in [0.2, 0.25) is 0 Å². The number of H-pyrrole nitrogens is 1. The van der Waals surface area contributed by atoms with E-state index in [1.54, 1.807) is 7.11 Å². The molecule has 0 saturated heterocycles. The quantitative estimate of drug-likeness (QED) is 0.652. The molecule has 0 unspecified atom stereocenters. The van der Waals surface area contributed by atoms with Crippen molar-refractivity contribution in [2.75, 3.05) is 13.7 Å². The molecule has 0 fully saturated rings. The van der Waals surface area contributed by atoms with Crippen LogP contribution in [0.5, 0.6) is 5.75 Å². The first-order valence-corrected chi connectivity index (χ1v) is 7.84. The van der Waals surface area contributed by atoms with Crippen molar-refractivity contribution in [3.8, 4) is 5.75 Å². The molecule has 3 rings (SSSR count). The monoisotopic (exact) mass is 324 g/mol.